The van der Waals surface area contributed by atoms with E-state index in [-0.39, 0.29) is 30.6 Å². The van der Waals surface area contributed by atoms with E-state index < -0.39 is 6.29 Å². The molecular weight excluding hydrogens is 689 g/mol. The van der Waals surface area contributed by atoms with Gasteiger partial charge < -0.3 is 35.5 Å². The molecule has 1 aliphatic rings. The van der Waals surface area contributed by atoms with Gasteiger partial charge in [0.2, 0.25) is 11.8 Å². The molecule has 2 heterocycles. The summed E-state index contributed by atoms with van der Waals surface area (Å²) in [7, 11) is 1.93. The highest BCUT2D eigenvalue weighted by atomic mass is 32.2. The molecule has 0 radical (unpaired) electrons. The molecule has 11 nitrogen and oxygen atoms in total. The number of aliphatic hydroxyl groups is 1. The van der Waals surface area contributed by atoms with Crippen molar-refractivity contribution >= 4 is 35.0 Å². The van der Waals surface area contributed by atoms with E-state index in [1.54, 1.807) is 30.2 Å². The van der Waals surface area contributed by atoms with Crippen molar-refractivity contribution in [1.29, 1.82) is 0 Å². The summed E-state index contributed by atoms with van der Waals surface area (Å²) in [6.45, 7) is 0.430. The zero-order valence-electron chi connectivity index (χ0n) is 29.8. The quantitative estimate of drug-likeness (QED) is 0.0472. The number of anilines is 2. The van der Waals surface area contributed by atoms with Crippen LogP contribution in [0.1, 0.15) is 73.2 Å². The van der Waals surface area contributed by atoms with E-state index in [1.807, 2.05) is 72.3 Å². The highest BCUT2D eigenvalue weighted by Crippen LogP contribution is 2.39. The molecule has 12 heteroatoms. The third kappa shape index (κ3) is 10.8. The van der Waals surface area contributed by atoms with Crippen LogP contribution in [0.4, 0.5) is 11.4 Å². The fourth-order valence-corrected chi connectivity index (χ4v) is 7.05. The first kappa shape index (κ1) is 37.7. The zero-order chi connectivity index (χ0) is 37.0. The summed E-state index contributed by atoms with van der Waals surface area (Å²) >= 11 is 1.61. The van der Waals surface area contributed by atoms with Gasteiger partial charge in [-0.2, -0.15) is 0 Å². The van der Waals surface area contributed by atoms with Gasteiger partial charge in [-0.1, -0.05) is 97.0 Å². The second kappa shape index (κ2) is 18.7. The maximum absolute atomic E-state index is 12.6. The number of nitrogens with zero attached hydrogens (tertiary/aromatic N) is 3. The second-order valence-electron chi connectivity index (χ2n) is 13.2. The Bertz CT molecular complexity index is 1950. The number of para-hydroxylation sites is 2. The lowest BCUT2D eigenvalue weighted by molar-refractivity contribution is -0.245. The van der Waals surface area contributed by atoms with Crippen LogP contribution in [0.3, 0.4) is 0 Å². The third-order valence-corrected chi connectivity index (χ3v) is 10.3. The molecule has 6 rings (SSSR count). The lowest BCUT2D eigenvalue weighted by atomic mass is 9.99. The van der Waals surface area contributed by atoms with Crippen molar-refractivity contribution < 1.29 is 24.2 Å². The summed E-state index contributed by atoms with van der Waals surface area (Å²) in [4.78, 5) is 24.8. The minimum Gasteiger partial charge on any atom is -0.397 e. The molecule has 2 amide bonds. The Kier molecular flexibility index (Phi) is 13.3. The molecule has 276 valence electrons. The Labute approximate surface area is 314 Å². The van der Waals surface area contributed by atoms with Crippen LogP contribution in [0.2, 0.25) is 0 Å². The van der Waals surface area contributed by atoms with Gasteiger partial charge in [-0.15, -0.1) is 10.2 Å². The second-order valence-corrected chi connectivity index (χ2v) is 14.2. The number of thioether (sulfide) groups is 1. The third-order valence-electron chi connectivity index (χ3n) is 9.16. The smallest absolute Gasteiger partial charge is 0.224 e. The molecule has 1 saturated heterocycles. The van der Waals surface area contributed by atoms with Crippen molar-refractivity contribution in [3.63, 3.8) is 0 Å². The molecule has 4 aromatic carbocycles. The molecule has 1 aliphatic heterocycles. The van der Waals surface area contributed by atoms with Gasteiger partial charge in [-0.05, 0) is 58.9 Å². The number of nitrogen functional groups attached to an aromatic ring is 1. The predicted octanol–water partition coefficient (Wildman–Crippen LogP) is 7.10. The molecule has 0 saturated carbocycles. The highest BCUT2D eigenvalue weighted by Gasteiger charge is 2.32. The molecule has 1 fully saturated rings. The van der Waals surface area contributed by atoms with Crippen LogP contribution in [-0.4, -0.2) is 43.5 Å². The number of aliphatic hydroxyl groups excluding tert-OH is 1. The maximum Gasteiger partial charge on any atom is 0.224 e. The first-order valence-electron chi connectivity index (χ1n) is 17.9. The number of unbranched alkanes of at least 4 members (excludes halogenated alkanes) is 2. The Balaban J connectivity index is 0.997. The zero-order valence-corrected chi connectivity index (χ0v) is 30.6. The van der Waals surface area contributed by atoms with Crippen LogP contribution in [0, 0.1) is 0 Å². The number of ether oxygens (including phenoxy) is 2. The van der Waals surface area contributed by atoms with Gasteiger partial charge in [0.15, 0.2) is 11.4 Å². The minimum atomic E-state index is -0.558. The fraction of sp³-hybridized carbons (Fsp3) is 0.317. The topological polar surface area (TPSA) is 154 Å². The van der Waals surface area contributed by atoms with E-state index >= 15 is 0 Å². The molecular formula is C41H46N6O5S. The molecule has 5 N–H and O–H groups in total. The maximum atomic E-state index is 12.6. The molecule has 53 heavy (non-hydrogen) atoms. The van der Waals surface area contributed by atoms with Crippen molar-refractivity contribution in [2.45, 2.75) is 75.3 Å². The standard InChI is InChI=1S/C41H46N6O5S/c1-47-27-44-46-41(47)53-26-34-23-37(31-16-14-28(25-48)15-17-31)52-40(51-34)32-20-18-30(19-21-32)33-9-7-8-29(22-33)24-43-38(49)12-3-2-4-13-39(50)45-36-11-6-5-10-35(36)42/h5-11,14-22,27,34,37,40,48H,2-4,12-13,23-26,42H2,1H3,(H,43,49)(H,45,50)/t34-,37+,40+/m0/s1. The summed E-state index contributed by atoms with van der Waals surface area (Å²) in [5.74, 6) is 0.610. The Hall–Kier alpha value is -5.01. The first-order valence-corrected chi connectivity index (χ1v) is 18.9. The summed E-state index contributed by atoms with van der Waals surface area (Å²) in [6, 6.07) is 31.4. The van der Waals surface area contributed by atoms with Crippen molar-refractivity contribution in [2.24, 2.45) is 7.05 Å². The van der Waals surface area contributed by atoms with Crippen LogP contribution < -0.4 is 16.4 Å². The van der Waals surface area contributed by atoms with Gasteiger partial charge in [0, 0.05) is 44.2 Å². The Morgan fingerprint density at radius 1 is 0.868 bits per heavy atom. The number of nitrogens with one attached hydrogen (secondary N) is 2. The number of nitrogens with two attached hydrogens (primary N) is 1. The van der Waals surface area contributed by atoms with Crippen LogP contribution in [0.5, 0.6) is 0 Å². The monoisotopic (exact) mass is 734 g/mol. The van der Waals surface area contributed by atoms with Crippen molar-refractivity contribution in [2.75, 3.05) is 16.8 Å². The SMILES string of the molecule is Cn1cnnc1SC[C@@H]1C[C@H](c2ccc(CO)cc2)O[C@H](c2ccc(-c3cccc(CNC(=O)CCCCCC(=O)Nc4ccccc4N)c3)cc2)O1. The Morgan fingerprint density at radius 3 is 2.36 bits per heavy atom. The van der Waals surface area contributed by atoms with Crippen LogP contribution in [0.15, 0.2) is 109 Å². The van der Waals surface area contributed by atoms with Crippen LogP contribution in [0.25, 0.3) is 11.1 Å². The average molecular weight is 735 g/mol. The minimum absolute atomic E-state index is 0.00461. The predicted molar refractivity (Wildman–Crippen MR) is 206 cm³/mol. The molecule has 0 bridgehead atoms. The number of aryl methyl sites for hydroxylation is 1. The Morgan fingerprint density at radius 2 is 1.62 bits per heavy atom. The number of rotatable bonds is 16. The molecule has 0 unspecified atom stereocenters. The van der Waals surface area contributed by atoms with Crippen molar-refractivity contribution in [3.05, 3.63) is 126 Å². The van der Waals surface area contributed by atoms with Gasteiger partial charge in [-0.3, -0.25) is 9.59 Å². The van der Waals surface area contributed by atoms with Gasteiger partial charge in [0.25, 0.3) is 0 Å². The van der Waals surface area contributed by atoms with E-state index in [4.69, 9.17) is 15.2 Å². The lowest BCUT2D eigenvalue weighted by Gasteiger charge is -2.36. The number of hydrogen-bond donors (Lipinski definition) is 4. The summed E-state index contributed by atoms with van der Waals surface area (Å²) in [5.41, 5.74) is 13.0. The summed E-state index contributed by atoms with van der Waals surface area (Å²) in [5, 5.41) is 24.4. The average Bonchev–Trinajstić information content (AvgIpc) is 3.61. The van der Waals surface area contributed by atoms with Gasteiger partial charge in [0.05, 0.1) is 30.2 Å². The van der Waals surface area contributed by atoms with E-state index in [0.717, 1.165) is 45.0 Å². The molecule has 1 aromatic heterocycles. The fourth-order valence-electron chi connectivity index (χ4n) is 6.15. The van der Waals surface area contributed by atoms with Crippen molar-refractivity contribution in [3.8, 4) is 11.1 Å². The lowest BCUT2D eigenvalue weighted by Crippen LogP contribution is -2.31. The number of amides is 2. The van der Waals surface area contributed by atoms with E-state index in [0.29, 0.717) is 55.8 Å². The summed E-state index contributed by atoms with van der Waals surface area (Å²) in [6.07, 6.45) is 4.55. The van der Waals surface area contributed by atoms with Crippen molar-refractivity contribution in [1.82, 2.24) is 20.1 Å². The first-order chi connectivity index (χ1) is 25.8. The van der Waals surface area contributed by atoms with Gasteiger partial charge in [0.1, 0.15) is 6.33 Å². The number of benzene rings is 4. The number of hydrogen-bond acceptors (Lipinski definition) is 9. The number of carbonyl (C=O) groups excluding carboxylic acids is 2. The van der Waals surface area contributed by atoms with Crippen LogP contribution in [-0.2, 0) is 39.3 Å². The largest absolute Gasteiger partial charge is 0.397 e. The molecule has 5 aromatic rings. The van der Waals surface area contributed by atoms with Gasteiger partial charge >= 0.3 is 0 Å². The van der Waals surface area contributed by atoms with E-state index in [2.05, 4.69) is 45.1 Å². The van der Waals surface area contributed by atoms with Crippen LogP contribution >= 0.6 is 11.8 Å². The molecule has 0 spiro atoms. The van der Waals surface area contributed by atoms with Gasteiger partial charge in [-0.25, -0.2) is 0 Å². The van der Waals surface area contributed by atoms with E-state index in [9.17, 15) is 14.7 Å². The highest BCUT2D eigenvalue weighted by molar-refractivity contribution is 7.99. The van der Waals surface area contributed by atoms with E-state index in [1.165, 1.54) is 0 Å². The number of aromatic nitrogens is 3. The molecule has 0 aliphatic carbocycles. The number of carbonyl (C=O) groups is 2. The normalized spacial score (nSPS) is 17.0. The molecule has 3 atom stereocenters. The summed E-state index contributed by atoms with van der Waals surface area (Å²) < 4.78 is 14.9.